The number of para-hydroxylation sites is 1. The van der Waals surface area contributed by atoms with Crippen LogP contribution in [0.5, 0.6) is 0 Å². The number of rotatable bonds is 5. The molecule has 8 aromatic rings. The van der Waals surface area contributed by atoms with Crippen molar-refractivity contribution in [3.05, 3.63) is 157 Å². The first kappa shape index (κ1) is 27.1. The van der Waals surface area contributed by atoms with Gasteiger partial charge < -0.3 is 4.57 Å². The topological polar surface area (TPSA) is 67.4 Å². The number of hydrogen-bond acceptors (Lipinski definition) is 4. The monoisotopic (exact) mass is 593 g/mol. The predicted octanol–water partition coefficient (Wildman–Crippen LogP) is 9.65. The molecule has 0 unspecified atom stereocenters. The van der Waals surface area contributed by atoms with Crippen LogP contribution in [-0.2, 0) is 0 Å². The van der Waals surface area contributed by atoms with Gasteiger partial charge in [-0.1, -0.05) is 109 Å². The standard InChI is InChI=1S/C40H24FN5/c41-35-17-9-7-15-31(35)30-22-20-29(46-36-18-10-8-16-32(36)33-21-19-26(25-42)23-37(33)46)24-34(30)40-44-38(27-11-3-1-4-12-27)43-39(45-40)28-13-5-2-6-14-28/h1-24H. The normalized spacial score (nSPS) is 11.1. The molecule has 0 spiro atoms. The molecule has 2 heterocycles. The molecule has 46 heavy (non-hydrogen) atoms. The molecule has 8 rings (SSSR count). The van der Waals surface area contributed by atoms with Crippen LogP contribution >= 0.6 is 0 Å². The summed E-state index contributed by atoms with van der Waals surface area (Å²) in [5.74, 6) is 1.12. The first-order valence-electron chi connectivity index (χ1n) is 14.9. The fourth-order valence-electron chi connectivity index (χ4n) is 6.02. The van der Waals surface area contributed by atoms with Crippen molar-refractivity contribution in [2.24, 2.45) is 0 Å². The van der Waals surface area contributed by atoms with Crippen LogP contribution in [0.25, 0.3) is 72.8 Å². The number of hydrogen-bond donors (Lipinski definition) is 0. The van der Waals surface area contributed by atoms with Gasteiger partial charge in [0.15, 0.2) is 17.5 Å². The van der Waals surface area contributed by atoms with Crippen molar-refractivity contribution in [3.8, 4) is 57.0 Å². The molecule has 0 saturated heterocycles. The third kappa shape index (κ3) is 4.68. The van der Waals surface area contributed by atoms with Crippen LogP contribution in [0.4, 0.5) is 4.39 Å². The smallest absolute Gasteiger partial charge is 0.164 e. The van der Waals surface area contributed by atoms with Crippen LogP contribution in [0.3, 0.4) is 0 Å². The second kappa shape index (κ2) is 11.2. The first-order valence-corrected chi connectivity index (χ1v) is 14.9. The minimum atomic E-state index is -0.340. The Hall–Kier alpha value is -6.45. The van der Waals surface area contributed by atoms with E-state index >= 15 is 4.39 Å². The number of nitriles is 1. The van der Waals surface area contributed by atoms with Gasteiger partial charge in [-0.2, -0.15) is 5.26 Å². The molecule has 0 aliphatic heterocycles. The molecule has 0 radical (unpaired) electrons. The van der Waals surface area contributed by atoms with Gasteiger partial charge in [0, 0.05) is 38.7 Å². The highest BCUT2D eigenvalue weighted by atomic mass is 19.1. The number of aromatic nitrogens is 4. The van der Waals surface area contributed by atoms with Crippen molar-refractivity contribution < 1.29 is 4.39 Å². The molecule has 0 saturated carbocycles. The number of benzene rings is 6. The van der Waals surface area contributed by atoms with Crippen molar-refractivity contribution in [2.75, 3.05) is 0 Å². The van der Waals surface area contributed by atoms with Gasteiger partial charge in [0.2, 0.25) is 0 Å². The third-order valence-electron chi connectivity index (χ3n) is 8.17. The zero-order chi connectivity index (χ0) is 31.0. The molecule has 0 N–H and O–H groups in total. The largest absolute Gasteiger partial charge is 0.309 e. The average Bonchev–Trinajstić information content (AvgIpc) is 3.46. The maximum atomic E-state index is 15.4. The lowest BCUT2D eigenvalue weighted by Crippen LogP contribution is -2.03. The molecule has 216 valence electrons. The van der Waals surface area contributed by atoms with E-state index < -0.39 is 0 Å². The summed E-state index contributed by atoms with van der Waals surface area (Å²) in [7, 11) is 0. The van der Waals surface area contributed by atoms with E-state index in [0.29, 0.717) is 39.7 Å². The average molecular weight is 594 g/mol. The molecule has 6 heteroatoms. The first-order chi connectivity index (χ1) is 22.7. The summed E-state index contributed by atoms with van der Waals surface area (Å²) in [6.45, 7) is 0. The Labute approximate surface area is 264 Å². The van der Waals surface area contributed by atoms with Crippen molar-refractivity contribution in [1.82, 2.24) is 19.5 Å². The van der Waals surface area contributed by atoms with Crippen LogP contribution in [-0.4, -0.2) is 19.5 Å². The van der Waals surface area contributed by atoms with Gasteiger partial charge >= 0.3 is 0 Å². The molecular formula is C40H24FN5. The summed E-state index contributed by atoms with van der Waals surface area (Å²) in [6, 6.07) is 48.4. The second-order valence-corrected chi connectivity index (χ2v) is 10.9. The van der Waals surface area contributed by atoms with E-state index in [-0.39, 0.29) is 5.82 Å². The van der Waals surface area contributed by atoms with E-state index in [9.17, 15) is 5.26 Å². The van der Waals surface area contributed by atoms with Gasteiger partial charge in [0.1, 0.15) is 5.82 Å². The van der Waals surface area contributed by atoms with E-state index in [1.807, 2.05) is 115 Å². The minimum Gasteiger partial charge on any atom is -0.309 e. The van der Waals surface area contributed by atoms with Crippen LogP contribution in [0.15, 0.2) is 146 Å². The Bertz CT molecular complexity index is 2390. The van der Waals surface area contributed by atoms with Crippen molar-refractivity contribution in [3.63, 3.8) is 0 Å². The molecule has 0 fully saturated rings. The Kier molecular flexibility index (Phi) is 6.63. The van der Waals surface area contributed by atoms with Gasteiger partial charge in [-0.05, 0) is 42.0 Å². The Balaban J connectivity index is 1.44. The van der Waals surface area contributed by atoms with Crippen molar-refractivity contribution in [2.45, 2.75) is 0 Å². The Morgan fingerprint density at radius 2 is 1.11 bits per heavy atom. The molecule has 6 aromatic carbocycles. The fraction of sp³-hybridized carbons (Fsp3) is 0. The summed E-state index contributed by atoms with van der Waals surface area (Å²) in [4.78, 5) is 14.8. The Morgan fingerprint density at radius 1 is 0.500 bits per heavy atom. The highest BCUT2D eigenvalue weighted by Gasteiger charge is 2.20. The van der Waals surface area contributed by atoms with Crippen LogP contribution < -0.4 is 0 Å². The van der Waals surface area contributed by atoms with Gasteiger partial charge in [0.25, 0.3) is 0 Å². The van der Waals surface area contributed by atoms with Gasteiger partial charge in [-0.15, -0.1) is 0 Å². The number of nitrogens with zero attached hydrogens (tertiary/aromatic N) is 5. The number of halogens is 1. The highest BCUT2D eigenvalue weighted by Crippen LogP contribution is 2.38. The van der Waals surface area contributed by atoms with Crippen LogP contribution in [0.1, 0.15) is 5.56 Å². The molecular weight excluding hydrogens is 569 g/mol. The van der Waals surface area contributed by atoms with Gasteiger partial charge in [-0.3, -0.25) is 0 Å². The lowest BCUT2D eigenvalue weighted by atomic mass is 9.97. The van der Waals surface area contributed by atoms with Gasteiger partial charge in [-0.25, -0.2) is 19.3 Å². The highest BCUT2D eigenvalue weighted by molar-refractivity contribution is 6.09. The predicted molar refractivity (Wildman–Crippen MR) is 181 cm³/mol. The minimum absolute atomic E-state index is 0.340. The molecule has 0 amide bonds. The lowest BCUT2D eigenvalue weighted by molar-refractivity contribution is 0.631. The molecule has 0 aliphatic carbocycles. The zero-order valence-electron chi connectivity index (χ0n) is 24.5. The maximum Gasteiger partial charge on any atom is 0.164 e. The van der Waals surface area contributed by atoms with Crippen molar-refractivity contribution >= 4 is 21.8 Å². The summed E-state index contributed by atoms with van der Waals surface area (Å²) in [5.41, 5.74) is 6.73. The Morgan fingerprint density at radius 3 is 1.80 bits per heavy atom. The van der Waals surface area contributed by atoms with Crippen LogP contribution in [0, 0.1) is 17.1 Å². The zero-order valence-corrected chi connectivity index (χ0v) is 24.5. The van der Waals surface area contributed by atoms with E-state index in [2.05, 4.69) is 22.8 Å². The molecule has 0 atom stereocenters. The molecule has 2 aromatic heterocycles. The SMILES string of the molecule is N#Cc1ccc2c3ccccc3n(-c3ccc(-c4ccccc4F)c(-c4nc(-c5ccccc5)nc(-c5ccccc5)n4)c3)c2c1. The molecule has 0 bridgehead atoms. The second-order valence-electron chi connectivity index (χ2n) is 10.9. The molecule has 0 aliphatic rings. The number of fused-ring (bicyclic) bond motifs is 3. The lowest BCUT2D eigenvalue weighted by Gasteiger charge is -2.16. The fourth-order valence-corrected chi connectivity index (χ4v) is 6.02. The third-order valence-corrected chi connectivity index (χ3v) is 8.17. The summed E-state index contributed by atoms with van der Waals surface area (Å²) >= 11 is 0. The van der Waals surface area contributed by atoms with Crippen molar-refractivity contribution in [1.29, 1.82) is 5.26 Å². The van der Waals surface area contributed by atoms with Gasteiger partial charge in [0.05, 0.1) is 22.7 Å². The van der Waals surface area contributed by atoms with E-state index in [1.54, 1.807) is 12.1 Å². The van der Waals surface area contributed by atoms with E-state index in [1.165, 1.54) is 6.07 Å². The van der Waals surface area contributed by atoms with Crippen LogP contribution in [0.2, 0.25) is 0 Å². The summed E-state index contributed by atoms with van der Waals surface area (Å²) < 4.78 is 17.6. The molecule has 5 nitrogen and oxygen atoms in total. The summed E-state index contributed by atoms with van der Waals surface area (Å²) in [6.07, 6.45) is 0. The van der Waals surface area contributed by atoms with E-state index in [0.717, 1.165) is 38.6 Å². The quantitative estimate of drug-likeness (QED) is 0.199. The maximum absolute atomic E-state index is 15.4. The van der Waals surface area contributed by atoms with E-state index in [4.69, 9.17) is 15.0 Å². The summed E-state index contributed by atoms with van der Waals surface area (Å²) in [5, 5.41) is 11.8.